The van der Waals surface area contributed by atoms with Crippen molar-refractivity contribution in [3.05, 3.63) is 29.3 Å². The molecule has 2 bridgehead atoms. The first-order valence-corrected chi connectivity index (χ1v) is 9.79. The lowest BCUT2D eigenvalue weighted by Gasteiger charge is -2.61. The van der Waals surface area contributed by atoms with Crippen LogP contribution in [0, 0.1) is 5.41 Å². The highest BCUT2D eigenvalue weighted by Crippen LogP contribution is 2.56. The molecule has 2 saturated heterocycles. The number of hydrogen-bond donors (Lipinski definition) is 1. The number of benzene rings is 1. The predicted molar refractivity (Wildman–Crippen MR) is 102 cm³/mol. The van der Waals surface area contributed by atoms with Crippen LogP contribution in [0.25, 0.3) is 0 Å². The van der Waals surface area contributed by atoms with Gasteiger partial charge in [-0.15, -0.1) is 0 Å². The van der Waals surface area contributed by atoms with Gasteiger partial charge < -0.3 is 15.5 Å². The van der Waals surface area contributed by atoms with Crippen LogP contribution in [0.15, 0.2) is 18.2 Å². The molecule has 2 atom stereocenters. The van der Waals surface area contributed by atoms with Crippen molar-refractivity contribution < 1.29 is 4.79 Å². The Hall–Kier alpha value is -1.71. The molecule has 2 N–H and O–H groups in total. The molecule has 0 unspecified atom stereocenters. The summed E-state index contributed by atoms with van der Waals surface area (Å²) >= 11 is 0. The first kappa shape index (κ1) is 16.7. The van der Waals surface area contributed by atoms with Gasteiger partial charge in [-0.2, -0.15) is 0 Å². The number of nitrogens with zero attached hydrogens (tertiary/aromatic N) is 2. The molecule has 4 heteroatoms. The number of carbonyl (C=O) groups excluding carboxylic acids is 1. The molecule has 3 aliphatic rings. The predicted octanol–water partition coefficient (Wildman–Crippen LogP) is 3.79. The standard InChI is InChI=1S/C21H31N3O/c1-20(2)18-14-15-16(8-7-9-17(15)22)21(20,3)10-13-24(18)19(25)23-11-5-4-6-12-23/h7-9,18H,4-6,10-14,22H2,1-3H3/t18-,21+/m1/s1. The summed E-state index contributed by atoms with van der Waals surface area (Å²) in [5.41, 5.74) is 10.0. The highest BCUT2D eigenvalue weighted by atomic mass is 16.2. The third kappa shape index (κ3) is 2.29. The van der Waals surface area contributed by atoms with Crippen molar-refractivity contribution in [2.24, 2.45) is 5.41 Å². The van der Waals surface area contributed by atoms with Gasteiger partial charge in [0.1, 0.15) is 0 Å². The lowest BCUT2D eigenvalue weighted by molar-refractivity contribution is -0.0240. The Morgan fingerprint density at radius 1 is 1.12 bits per heavy atom. The first-order chi connectivity index (χ1) is 11.9. The maximum atomic E-state index is 13.3. The molecule has 1 aromatic carbocycles. The molecular formula is C21H31N3O. The fourth-order valence-corrected chi connectivity index (χ4v) is 5.47. The van der Waals surface area contributed by atoms with Crippen molar-refractivity contribution in [3.8, 4) is 0 Å². The van der Waals surface area contributed by atoms with E-state index in [-0.39, 0.29) is 22.9 Å². The summed E-state index contributed by atoms with van der Waals surface area (Å²) in [7, 11) is 0. The van der Waals surface area contributed by atoms with Gasteiger partial charge in [-0.25, -0.2) is 4.79 Å². The summed E-state index contributed by atoms with van der Waals surface area (Å²) in [5, 5.41) is 0. The quantitative estimate of drug-likeness (QED) is 0.730. The number of hydrogen-bond acceptors (Lipinski definition) is 2. The Bertz CT molecular complexity index is 692. The van der Waals surface area contributed by atoms with Crippen LogP contribution in [0.5, 0.6) is 0 Å². The van der Waals surface area contributed by atoms with Crippen molar-refractivity contribution in [3.63, 3.8) is 0 Å². The summed E-state index contributed by atoms with van der Waals surface area (Å²) in [4.78, 5) is 17.5. The zero-order valence-electron chi connectivity index (χ0n) is 15.8. The van der Waals surface area contributed by atoms with E-state index in [1.807, 2.05) is 6.07 Å². The number of likely N-dealkylation sites (tertiary alicyclic amines) is 2. The number of rotatable bonds is 0. The number of nitrogens with two attached hydrogens (primary N) is 1. The molecule has 0 spiro atoms. The molecule has 136 valence electrons. The maximum absolute atomic E-state index is 13.3. The van der Waals surface area contributed by atoms with Gasteiger partial charge in [0.25, 0.3) is 0 Å². The molecule has 25 heavy (non-hydrogen) atoms. The van der Waals surface area contributed by atoms with Gasteiger partial charge in [0.2, 0.25) is 0 Å². The second-order valence-corrected chi connectivity index (χ2v) is 8.92. The van der Waals surface area contributed by atoms with Gasteiger partial charge in [-0.05, 0) is 54.7 Å². The lowest BCUT2D eigenvalue weighted by atomic mass is 9.51. The lowest BCUT2D eigenvalue weighted by Crippen LogP contribution is -2.66. The number of amides is 2. The summed E-state index contributed by atoms with van der Waals surface area (Å²) < 4.78 is 0. The molecular weight excluding hydrogens is 310 g/mol. The van der Waals surface area contributed by atoms with Gasteiger partial charge in [-0.1, -0.05) is 32.9 Å². The Labute approximate surface area is 151 Å². The van der Waals surface area contributed by atoms with Crippen molar-refractivity contribution >= 4 is 11.7 Å². The van der Waals surface area contributed by atoms with Gasteiger partial charge in [0.15, 0.2) is 0 Å². The topological polar surface area (TPSA) is 49.6 Å². The minimum Gasteiger partial charge on any atom is -0.398 e. The molecule has 1 aromatic rings. The molecule has 4 rings (SSSR count). The first-order valence-electron chi connectivity index (χ1n) is 9.79. The summed E-state index contributed by atoms with van der Waals surface area (Å²) in [5.74, 6) is 0. The van der Waals surface area contributed by atoms with Crippen molar-refractivity contribution in [1.29, 1.82) is 0 Å². The molecule has 0 radical (unpaired) electrons. The van der Waals surface area contributed by atoms with Gasteiger partial charge in [-0.3, -0.25) is 0 Å². The molecule has 2 amide bonds. The van der Waals surface area contributed by atoms with Crippen LogP contribution >= 0.6 is 0 Å². The largest absolute Gasteiger partial charge is 0.398 e. The molecule has 2 aliphatic heterocycles. The molecule has 1 aliphatic carbocycles. The van der Waals surface area contributed by atoms with Crippen LogP contribution in [-0.2, 0) is 11.8 Å². The molecule has 0 saturated carbocycles. The summed E-state index contributed by atoms with van der Waals surface area (Å²) in [6, 6.07) is 6.82. The Morgan fingerprint density at radius 3 is 2.56 bits per heavy atom. The van der Waals surface area contributed by atoms with Gasteiger partial charge >= 0.3 is 6.03 Å². The highest BCUT2D eigenvalue weighted by Gasteiger charge is 2.57. The number of fused-ring (bicyclic) bond motifs is 4. The van der Waals surface area contributed by atoms with E-state index in [4.69, 9.17) is 5.73 Å². The number of anilines is 1. The molecule has 0 aromatic heterocycles. The summed E-state index contributed by atoms with van der Waals surface area (Å²) in [6.45, 7) is 9.75. The minimum atomic E-state index is 0.0392. The fraction of sp³-hybridized carbons (Fsp3) is 0.667. The zero-order valence-corrected chi connectivity index (χ0v) is 15.8. The van der Waals surface area contributed by atoms with Crippen LogP contribution in [0.4, 0.5) is 10.5 Å². The minimum absolute atomic E-state index is 0.0392. The van der Waals surface area contributed by atoms with E-state index in [1.165, 1.54) is 17.5 Å². The third-order valence-electron chi connectivity index (χ3n) is 7.56. The van der Waals surface area contributed by atoms with E-state index in [2.05, 4.69) is 42.7 Å². The van der Waals surface area contributed by atoms with E-state index in [9.17, 15) is 4.79 Å². The Kier molecular flexibility index (Phi) is 3.78. The third-order valence-corrected chi connectivity index (χ3v) is 7.56. The van der Waals surface area contributed by atoms with E-state index < -0.39 is 0 Å². The van der Waals surface area contributed by atoms with Crippen molar-refractivity contribution in [2.45, 2.75) is 64.3 Å². The van der Waals surface area contributed by atoms with Crippen molar-refractivity contribution in [2.75, 3.05) is 25.4 Å². The van der Waals surface area contributed by atoms with Gasteiger partial charge in [0.05, 0.1) is 0 Å². The van der Waals surface area contributed by atoms with Crippen LogP contribution in [0.2, 0.25) is 0 Å². The fourth-order valence-electron chi connectivity index (χ4n) is 5.47. The molecule has 2 heterocycles. The number of carbonyl (C=O) groups is 1. The van der Waals surface area contributed by atoms with Crippen molar-refractivity contribution in [1.82, 2.24) is 9.80 Å². The summed E-state index contributed by atoms with van der Waals surface area (Å²) in [6.07, 6.45) is 5.42. The Morgan fingerprint density at radius 2 is 1.84 bits per heavy atom. The second-order valence-electron chi connectivity index (χ2n) is 8.92. The van der Waals surface area contributed by atoms with E-state index in [0.717, 1.165) is 51.0 Å². The second kappa shape index (κ2) is 5.65. The smallest absolute Gasteiger partial charge is 0.320 e. The van der Waals surface area contributed by atoms with Crippen LogP contribution < -0.4 is 5.73 Å². The van der Waals surface area contributed by atoms with Crippen LogP contribution in [0.1, 0.15) is 57.6 Å². The number of piperidine rings is 2. The molecule has 2 fully saturated rings. The van der Waals surface area contributed by atoms with E-state index in [1.54, 1.807) is 0 Å². The molecule has 4 nitrogen and oxygen atoms in total. The Balaban J connectivity index is 1.72. The zero-order chi connectivity index (χ0) is 17.8. The average Bonchev–Trinajstić information content (AvgIpc) is 2.59. The highest BCUT2D eigenvalue weighted by molar-refractivity contribution is 5.76. The monoisotopic (exact) mass is 341 g/mol. The van der Waals surface area contributed by atoms with Crippen LogP contribution in [-0.4, -0.2) is 41.5 Å². The van der Waals surface area contributed by atoms with Crippen LogP contribution in [0.3, 0.4) is 0 Å². The maximum Gasteiger partial charge on any atom is 0.320 e. The number of nitrogen functional groups attached to an aromatic ring is 1. The van der Waals surface area contributed by atoms with E-state index in [0.29, 0.717) is 0 Å². The van der Waals surface area contributed by atoms with E-state index >= 15 is 0 Å². The SMILES string of the molecule is CC1(C)[C@H]2Cc3c(N)cccc3[C@]1(C)CCN2C(=O)N1CCCCC1. The normalized spacial score (nSPS) is 30.8. The average molecular weight is 341 g/mol. The van der Waals surface area contributed by atoms with Gasteiger partial charge in [0, 0.05) is 36.8 Å². The number of urea groups is 1.